The second kappa shape index (κ2) is 3.50. The van der Waals surface area contributed by atoms with Gasteiger partial charge in [-0.3, -0.25) is 0 Å². The molecule has 1 aromatic rings. The molecule has 1 nitrogen and oxygen atoms in total. The van der Waals surface area contributed by atoms with E-state index in [1.165, 1.54) is 34.7 Å². The molecule has 0 aromatic carbocycles. The van der Waals surface area contributed by atoms with E-state index in [2.05, 4.69) is 31.8 Å². The third-order valence-electron chi connectivity index (χ3n) is 2.56. The largest absolute Gasteiger partial charge is 0.245 e. The summed E-state index contributed by atoms with van der Waals surface area (Å²) in [6.07, 6.45) is 8.14. The molecule has 0 atom stereocenters. The van der Waals surface area contributed by atoms with Crippen LogP contribution in [0.25, 0.3) is 5.57 Å². The Morgan fingerprint density at radius 3 is 2.64 bits per heavy atom. The lowest BCUT2D eigenvalue weighted by Gasteiger charge is -2.14. The summed E-state index contributed by atoms with van der Waals surface area (Å²) in [7, 11) is 0. The molecule has 0 radical (unpaired) electrons. The van der Waals surface area contributed by atoms with Crippen LogP contribution < -0.4 is 0 Å². The summed E-state index contributed by atoms with van der Waals surface area (Å²) in [6.45, 7) is 6.73. The Kier molecular flexibility index (Phi) is 2.48. The van der Waals surface area contributed by atoms with Crippen molar-refractivity contribution in [1.82, 2.24) is 4.98 Å². The minimum atomic E-state index is 0.245. The van der Waals surface area contributed by atoms with Gasteiger partial charge in [-0.1, -0.05) is 26.8 Å². The van der Waals surface area contributed by atoms with Crippen LogP contribution in [-0.4, -0.2) is 4.98 Å². The summed E-state index contributed by atoms with van der Waals surface area (Å²) < 4.78 is 0. The Bertz CT molecular complexity index is 355. The average Bonchev–Trinajstić information content (AvgIpc) is 2.73. The van der Waals surface area contributed by atoms with Crippen LogP contribution in [0.15, 0.2) is 12.3 Å². The Morgan fingerprint density at radius 1 is 1.36 bits per heavy atom. The molecular formula is C12H17NS. The van der Waals surface area contributed by atoms with E-state index in [0.29, 0.717) is 0 Å². The summed E-state index contributed by atoms with van der Waals surface area (Å²) in [6, 6.07) is 0. The Hall–Kier alpha value is -0.630. The summed E-state index contributed by atoms with van der Waals surface area (Å²) in [5.41, 5.74) is 1.71. The number of rotatable bonds is 1. The van der Waals surface area contributed by atoms with E-state index in [1.54, 1.807) is 0 Å². The molecular weight excluding hydrogens is 190 g/mol. The van der Waals surface area contributed by atoms with Gasteiger partial charge in [0.05, 0.1) is 0 Å². The number of allylic oxidation sites excluding steroid dienone is 2. The van der Waals surface area contributed by atoms with Crippen LogP contribution in [0, 0.1) is 0 Å². The van der Waals surface area contributed by atoms with Gasteiger partial charge in [0.1, 0.15) is 5.01 Å². The van der Waals surface area contributed by atoms with Crippen molar-refractivity contribution in [2.24, 2.45) is 0 Å². The van der Waals surface area contributed by atoms with Crippen molar-refractivity contribution in [3.63, 3.8) is 0 Å². The Balaban J connectivity index is 2.26. The standard InChI is InChI=1S/C12H17NS/c1-12(2,3)10-8-13-11(14-10)9-6-4-5-7-9/h6,8H,4-5,7H2,1-3H3. The minimum Gasteiger partial charge on any atom is -0.245 e. The quantitative estimate of drug-likeness (QED) is 0.678. The molecule has 0 amide bonds. The molecule has 0 fully saturated rings. The van der Waals surface area contributed by atoms with Gasteiger partial charge in [-0.05, 0) is 30.3 Å². The molecule has 1 heterocycles. The maximum absolute atomic E-state index is 4.51. The predicted molar refractivity (Wildman–Crippen MR) is 62.6 cm³/mol. The third-order valence-corrected chi connectivity index (χ3v) is 4.06. The summed E-state index contributed by atoms with van der Waals surface area (Å²) in [5, 5.41) is 1.24. The summed E-state index contributed by atoms with van der Waals surface area (Å²) in [4.78, 5) is 5.90. The van der Waals surface area contributed by atoms with Gasteiger partial charge in [-0.2, -0.15) is 0 Å². The minimum absolute atomic E-state index is 0.245. The smallest absolute Gasteiger partial charge is 0.119 e. The fourth-order valence-electron chi connectivity index (χ4n) is 1.63. The highest BCUT2D eigenvalue weighted by Crippen LogP contribution is 2.34. The van der Waals surface area contributed by atoms with Crippen LogP contribution in [0.2, 0.25) is 0 Å². The molecule has 0 spiro atoms. The molecule has 1 aliphatic carbocycles. The van der Waals surface area contributed by atoms with Crippen molar-refractivity contribution in [3.05, 3.63) is 22.2 Å². The van der Waals surface area contributed by atoms with E-state index < -0.39 is 0 Å². The molecule has 2 rings (SSSR count). The highest BCUT2D eigenvalue weighted by molar-refractivity contribution is 7.12. The Morgan fingerprint density at radius 2 is 2.14 bits per heavy atom. The van der Waals surface area contributed by atoms with Crippen LogP contribution in [0.5, 0.6) is 0 Å². The highest BCUT2D eigenvalue weighted by atomic mass is 32.1. The van der Waals surface area contributed by atoms with Crippen molar-refractivity contribution < 1.29 is 0 Å². The number of hydrogen-bond donors (Lipinski definition) is 0. The lowest BCUT2D eigenvalue weighted by molar-refractivity contribution is 0.602. The van der Waals surface area contributed by atoms with Gasteiger partial charge in [0.2, 0.25) is 0 Å². The van der Waals surface area contributed by atoms with E-state index in [1.807, 2.05) is 17.5 Å². The lowest BCUT2D eigenvalue weighted by Crippen LogP contribution is -2.07. The van der Waals surface area contributed by atoms with Gasteiger partial charge >= 0.3 is 0 Å². The first kappa shape index (κ1) is 9.91. The monoisotopic (exact) mass is 207 g/mol. The third kappa shape index (κ3) is 1.90. The molecule has 0 N–H and O–H groups in total. The van der Waals surface area contributed by atoms with Gasteiger partial charge < -0.3 is 0 Å². The van der Waals surface area contributed by atoms with Crippen LogP contribution >= 0.6 is 11.3 Å². The van der Waals surface area contributed by atoms with E-state index in [9.17, 15) is 0 Å². The molecule has 0 unspecified atom stereocenters. The zero-order chi connectivity index (χ0) is 10.2. The fourth-order valence-corrected chi connectivity index (χ4v) is 2.68. The fraction of sp³-hybridized carbons (Fsp3) is 0.583. The topological polar surface area (TPSA) is 12.9 Å². The maximum atomic E-state index is 4.51. The second-order valence-corrected chi connectivity index (χ2v) is 5.93. The zero-order valence-electron chi connectivity index (χ0n) is 9.13. The molecule has 0 saturated heterocycles. The van der Waals surface area contributed by atoms with Crippen molar-refractivity contribution in [2.75, 3.05) is 0 Å². The number of aromatic nitrogens is 1. The molecule has 0 saturated carbocycles. The van der Waals surface area contributed by atoms with E-state index in [-0.39, 0.29) is 5.41 Å². The van der Waals surface area contributed by atoms with Crippen LogP contribution in [0.1, 0.15) is 49.9 Å². The zero-order valence-corrected chi connectivity index (χ0v) is 9.95. The second-order valence-electron chi connectivity index (χ2n) is 4.90. The Labute approximate surface area is 89.9 Å². The summed E-state index contributed by atoms with van der Waals surface area (Å²) >= 11 is 1.86. The lowest BCUT2D eigenvalue weighted by atomic mass is 9.96. The molecule has 0 bridgehead atoms. The van der Waals surface area contributed by atoms with Gasteiger partial charge in [-0.15, -0.1) is 11.3 Å². The van der Waals surface area contributed by atoms with Gasteiger partial charge in [-0.25, -0.2) is 4.98 Å². The van der Waals surface area contributed by atoms with Crippen molar-refractivity contribution in [3.8, 4) is 0 Å². The molecule has 2 heteroatoms. The number of hydrogen-bond acceptors (Lipinski definition) is 2. The van der Waals surface area contributed by atoms with Crippen LogP contribution in [-0.2, 0) is 5.41 Å². The van der Waals surface area contributed by atoms with Gasteiger partial charge in [0, 0.05) is 11.1 Å². The summed E-state index contributed by atoms with van der Waals surface area (Å²) in [5.74, 6) is 0. The van der Waals surface area contributed by atoms with Crippen molar-refractivity contribution in [1.29, 1.82) is 0 Å². The van der Waals surface area contributed by atoms with Gasteiger partial charge in [0.15, 0.2) is 0 Å². The van der Waals surface area contributed by atoms with E-state index in [4.69, 9.17) is 0 Å². The van der Waals surface area contributed by atoms with Gasteiger partial charge in [0.25, 0.3) is 0 Å². The number of thiazole rings is 1. The molecule has 0 aliphatic heterocycles. The average molecular weight is 207 g/mol. The van der Waals surface area contributed by atoms with Crippen molar-refractivity contribution in [2.45, 2.75) is 45.4 Å². The molecule has 1 aliphatic rings. The predicted octanol–water partition coefficient (Wildman–Crippen LogP) is 4.01. The van der Waals surface area contributed by atoms with E-state index >= 15 is 0 Å². The first-order valence-corrected chi connectivity index (χ1v) is 6.05. The molecule has 76 valence electrons. The first-order valence-electron chi connectivity index (χ1n) is 5.23. The SMILES string of the molecule is CC(C)(C)c1cnc(C2=CCCC2)s1. The molecule has 1 aromatic heterocycles. The molecule has 14 heavy (non-hydrogen) atoms. The van der Waals surface area contributed by atoms with Crippen LogP contribution in [0.3, 0.4) is 0 Å². The normalized spacial score (nSPS) is 17.2. The highest BCUT2D eigenvalue weighted by Gasteiger charge is 2.19. The first-order chi connectivity index (χ1) is 6.57. The van der Waals surface area contributed by atoms with Crippen molar-refractivity contribution >= 4 is 16.9 Å². The van der Waals surface area contributed by atoms with Crippen LogP contribution in [0.4, 0.5) is 0 Å². The number of nitrogens with zero attached hydrogens (tertiary/aromatic N) is 1. The maximum Gasteiger partial charge on any atom is 0.119 e. The van der Waals surface area contributed by atoms with E-state index in [0.717, 1.165) is 0 Å².